The SMILES string of the molecule is Brc1ccc2[nH]c(CN3CCNCC3)cc2c1. The van der Waals surface area contributed by atoms with Gasteiger partial charge >= 0.3 is 0 Å². The highest BCUT2D eigenvalue weighted by Crippen LogP contribution is 2.21. The zero-order valence-corrected chi connectivity index (χ0v) is 11.3. The first kappa shape index (κ1) is 11.3. The van der Waals surface area contributed by atoms with Crippen molar-refractivity contribution in [2.24, 2.45) is 0 Å². The monoisotopic (exact) mass is 293 g/mol. The normalized spacial score (nSPS) is 17.7. The number of nitrogens with one attached hydrogen (secondary N) is 2. The first-order valence-corrected chi connectivity index (χ1v) is 6.81. The van der Waals surface area contributed by atoms with Crippen molar-refractivity contribution >= 4 is 26.8 Å². The van der Waals surface area contributed by atoms with E-state index in [2.05, 4.69) is 55.4 Å². The van der Waals surface area contributed by atoms with Crippen molar-refractivity contribution in [3.63, 3.8) is 0 Å². The summed E-state index contributed by atoms with van der Waals surface area (Å²) in [6.45, 7) is 5.50. The number of H-pyrrole nitrogens is 1. The van der Waals surface area contributed by atoms with Gasteiger partial charge in [0.2, 0.25) is 0 Å². The van der Waals surface area contributed by atoms with E-state index in [4.69, 9.17) is 0 Å². The predicted octanol–water partition coefficient (Wildman–Crippen LogP) is 2.34. The number of halogens is 1. The van der Waals surface area contributed by atoms with Crippen molar-refractivity contribution < 1.29 is 0 Å². The molecule has 0 amide bonds. The van der Waals surface area contributed by atoms with Gasteiger partial charge in [0.05, 0.1) is 0 Å². The molecule has 1 aromatic carbocycles. The highest BCUT2D eigenvalue weighted by Gasteiger charge is 2.11. The molecule has 3 nitrogen and oxygen atoms in total. The highest BCUT2D eigenvalue weighted by atomic mass is 79.9. The van der Waals surface area contributed by atoms with Crippen molar-refractivity contribution in [1.29, 1.82) is 0 Å². The molecule has 1 fully saturated rings. The van der Waals surface area contributed by atoms with Gasteiger partial charge in [-0.05, 0) is 24.3 Å². The van der Waals surface area contributed by atoms with Gasteiger partial charge in [0, 0.05) is 53.8 Å². The van der Waals surface area contributed by atoms with Crippen LogP contribution in [0.3, 0.4) is 0 Å². The summed E-state index contributed by atoms with van der Waals surface area (Å²) in [5, 5.41) is 4.66. The smallest absolute Gasteiger partial charge is 0.0457 e. The number of benzene rings is 1. The van der Waals surface area contributed by atoms with Crippen LogP contribution in [0.25, 0.3) is 10.9 Å². The van der Waals surface area contributed by atoms with Crippen LogP contribution in [0, 0.1) is 0 Å². The van der Waals surface area contributed by atoms with Crippen LogP contribution >= 0.6 is 15.9 Å². The van der Waals surface area contributed by atoms with Gasteiger partial charge in [-0.3, -0.25) is 4.90 Å². The van der Waals surface area contributed by atoms with Crippen molar-refractivity contribution in [1.82, 2.24) is 15.2 Å². The van der Waals surface area contributed by atoms with Gasteiger partial charge in [-0.2, -0.15) is 0 Å². The van der Waals surface area contributed by atoms with Gasteiger partial charge in [-0.15, -0.1) is 0 Å². The fourth-order valence-corrected chi connectivity index (χ4v) is 2.74. The molecular formula is C13H16BrN3. The van der Waals surface area contributed by atoms with Crippen LogP contribution < -0.4 is 5.32 Å². The lowest BCUT2D eigenvalue weighted by Crippen LogP contribution is -2.42. The Kier molecular flexibility index (Phi) is 3.18. The molecule has 1 aromatic heterocycles. The Morgan fingerprint density at radius 1 is 1.18 bits per heavy atom. The lowest BCUT2D eigenvalue weighted by molar-refractivity contribution is 0.231. The largest absolute Gasteiger partial charge is 0.357 e. The number of nitrogens with zero attached hydrogens (tertiary/aromatic N) is 1. The molecule has 0 atom stereocenters. The molecule has 1 aliphatic heterocycles. The Morgan fingerprint density at radius 2 is 2.00 bits per heavy atom. The minimum atomic E-state index is 1.02. The number of piperazine rings is 1. The molecule has 1 aliphatic rings. The van der Waals surface area contributed by atoms with Gasteiger partial charge in [-0.1, -0.05) is 15.9 Å². The molecule has 0 aliphatic carbocycles. The molecule has 17 heavy (non-hydrogen) atoms. The lowest BCUT2D eigenvalue weighted by Gasteiger charge is -2.26. The van der Waals surface area contributed by atoms with Crippen LogP contribution in [0.1, 0.15) is 5.69 Å². The number of hydrogen-bond acceptors (Lipinski definition) is 2. The molecule has 0 saturated carbocycles. The number of aromatic amines is 1. The second-order valence-corrected chi connectivity index (χ2v) is 5.47. The fourth-order valence-electron chi connectivity index (χ4n) is 2.36. The van der Waals surface area contributed by atoms with Gasteiger partial charge in [0.25, 0.3) is 0 Å². The number of fused-ring (bicyclic) bond motifs is 1. The van der Waals surface area contributed by atoms with Gasteiger partial charge < -0.3 is 10.3 Å². The Morgan fingerprint density at radius 3 is 2.82 bits per heavy atom. The average Bonchev–Trinajstić information content (AvgIpc) is 2.71. The lowest BCUT2D eigenvalue weighted by atomic mass is 10.2. The molecular weight excluding hydrogens is 278 g/mol. The third-order valence-electron chi connectivity index (χ3n) is 3.24. The molecule has 2 aromatic rings. The maximum Gasteiger partial charge on any atom is 0.0457 e. The van der Waals surface area contributed by atoms with E-state index < -0.39 is 0 Å². The summed E-state index contributed by atoms with van der Waals surface area (Å²) >= 11 is 3.51. The van der Waals surface area contributed by atoms with E-state index in [0.29, 0.717) is 0 Å². The Hall–Kier alpha value is -0.840. The zero-order chi connectivity index (χ0) is 11.7. The fraction of sp³-hybridized carbons (Fsp3) is 0.385. The molecule has 0 spiro atoms. The second kappa shape index (κ2) is 4.80. The Labute approximate surface area is 109 Å². The maximum atomic E-state index is 3.51. The Balaban J connectivity index is 1.80. The van der Waals surface area contributed by atoms with Crippen molar-refractivity contribution in [3.05, 3.63) is 34.4 Å². The molecule has 4 heteroatoms. The van der Waals surface area contributed by atoms with E-state index >= 15 is 0 Å². The summed E-state index contributed by atoms with van der Waals surface area (Å²) in [6, 6.07) is 8.61. The minimum absolute atomic E-state index is 1.02. The number of hydrogen-bond donors (Lipinski definition) is 2. The standard InChI is InChI=1S/C13H16BrN3/c14-11-1-2-13-10(7-11)8-12(16-13)9-17-5-3-15-4-6-17/h1-2,7-8,15-16H,3-6,9H2. The summed E-state index contributed by atoms with van der Waals surface area (Å²) in [7, 11) is 0. The predicted molar refractivity (Wildman–Crippen MR) is 74.1 cm³/mol. The molecule has 2 heterocycles. The quantitative estimate of drug-likeness (QED) is 0.890. The van der Waals surface area contributed by atoms with Crippen LogP contribution in [0.4, 0.5) is 0 Å². The van der Waals surface area contributed by atoms with Crippen LogP contribution in [0.5, 0.6) is 0 Å². The summed E-state index contributed by atoms with van der Waals surface area (Å²) in [6.07, 6.45) is 0. The topological polar surface area (TPSA) is 31.1 Å². The van der Waals surface area contributed by atoms with Crippen LogP contribution in [0.15, 0.2) is 28.7 Å². The first-order valence-electron chi connectivity index (χ1n) is 6.01. The molecule has 2 N–H and O–H groups in total. The van der Waals surface area contributed by atoms with Gasteiger partial charge in [0.1, 0.15) is 0 Å². The third-order valence-corrected chi connectivity index (χ3v) is 3.74. The molecule has 0 unspecified atom stereocenters. The van der Waals surface area contributed by atoms with Crippen molar-refractivity contribution in [2.75, 3.05) is 26.2 Å². The molecule has 0 radical (unpaired) electrons. The third kappa shape index (κ3) is 2.54. The summed E-state index contributed by atoms with van der Waals surface area (Å²) in [4.78, 5) is 5.97. The van der Waals surface area contributed by atoms with Gasteiger partial charge in [0.15, 0.2) is 0 Å². The maximum absolute atomic E-state index is 3.51. The molecule has 0 bridgehead atoms. The van der Waals surface area contributed by atoms with Crippen LogP contribution in [-0.4, -0.2) is 36.1 Å². The Bertz CT molecular complexity index is 514. The molecule has 1 saturated heterocycles. The molecule has 90 valence electrons. The number of aromatic nitrogens is 1. The number of rotatable bonds is 2. The first-order chi connectivity index (χ1) is 8.31. The van der Waals surface area contributed by atoms with Crippen molar-refractivity contribution in [2.45, 2.75) is 6.54 Å². The van der Waals surface area contributed by atoms with E-state index in [1.165, 1.54) is 16.6 Å². The van der Waals surface area contributed by atoms with Crippen molar-refractivity contribution in [3.8, 4) is 0 Å². The van der Waals surface area contributed by atoms with E-state index in [0.717, 1.165) is 37.2 Å². The van der Waals surface area contributed by atoms with E-state index in [1.807, 2.05) is 0 Å². The van der Waals surface area contributed by atoms with Crippen LogP contribution in [-0.2, 0) is 6.54 Å². The zero-order valence-electron chi connectivity index (χ0n) is 9.67. The minimum Gasteiger partial charge on any atom is -0.357 e. The van der Waals surface area contributed by atoms with E-state index in [9.17, 15) is 0 Å². The van der Waals surface area contributed by atoms with E-state index in [-0.39, 0.29) is 0 Å². The second-order valence-electron chi connectivity index (χ2n) is 4.55. The summed E-state index contributed by atoms with van der Waals surface area (Å²) < 4.78 is 1.14. The van der Waals surface area contributed by atoms with Gasteiger partial charge in [-0.25, -0.2) is 0 Å². The average molecular weight is 294 g/mol. The summed E-state index contributed by atoms with van der Waals surface area (Å²) in [5.74, 6) is 0. The molecule has 3 rings (SSSR count). The van der Waals surface area contributed by atoms with E-state index in [1.54, 1.807) is 0 Å². The highest BCUT2D eigenvalue weighted by molar-refractivity contribution is 9.10. The summed E-state index contributed by atoms with van der Waals surface area (Å²) in [5.41, 5.74) is 2.53. The van der Waals surface area contributed by atoms with Crippen LogP contribution in [0.2, 0.25) is 0 Å².